The summed E-state index contributed by atoms with van der Waals surface area (Å²) in [6, 6.07) is 27.8. The summed E-state index contributed by atoms with van der Waals surface area (Å²) in [4.78, 5) is 2.06. The SMILES string of the molecule is C=C(Sc1ccccc1)c1ccccc1C(C)(O)c1ccccc1. The maximum absolute atomic E-state index is 11.2. The summed E-state index contributed by atoms with van der Waals surface area (Å²) in [6.45, 7) is 6.07. The molecule has 0 aliphatic carbocycles. The average Bonchev–Trinajstić information content (AvgIpc) is 2.63. The van der Waals surface area contributed by atoms with Gasteiger partial charge in [0, 0.05) is 9.80 Å². The summed E-state index contributed by atoms with van der Waals surface area (Å²) in [5, 5.41) is 11.2. The van der Waals surface area contributed by atoms with E-state index in [0.717, 1.165) is 26.5 Å². The van der Waals surface area contributed by atoms with Crippen molar-refractivity contribution in [1.82, 2.24) is 0 Å². The van der Waals surface area contributed by atoms with Gasteiger partial charge in [-0.15, -0.1) is 0 Å². The largest absolute Gasteiger partial charge is 0.381 e. The Balaban J connectivity index is 1.98. The predicted octanol–water partition coefficient (Wildman–Crippen LogP) is 5.71. The van der Waals surface area contributed by atoms with Gasteiger partial charge in [-0.3, -0.25) is 0 Å². The Morgan fingerprint density at radius 3 is 2.04 bits per heavy atom. The molecular formula is C22H20OS. The molecule has 1 N–H and O–H groups in total. The van der Waals surface area contributed by atoms with Crippen LogP contribution in [0.5, 0.6) is 0 Å². The van der Waals surface area contributed by atoms with E-state index in [2.05, 4.69) is 18.7 Å². The quantitative estimate of drug-likeness (QED) is 0.604. The predicted molar refractivity (Wildman–Crippen MR) is 103 cm³/mol. The molecule has 0 aliphatic rings. The lowest BCUT2D eigenvalue weighted by molar-refractivity contribution is 0.102. The minimum Gasteiger partial charge on any atom is -0.381 e. The molecule has 3 aromatic rings. The molecular weight excluding hydrogens is 312 g/mol. The number of thioether (sulfide) groups is 1. The molecule has 0 aliphatic heterocycles. The number of hydrogen-bond donors (Lipinski definition) is 1. The molecule has 120 valence electrons. The molecule has 1 atom stereocenters. The second kappa shape index (κ2) is 7.08. The van der Waals surface area contributed by atoms with Crippen LogP contribution in [0.3, 0.4) is 0 Å². The highest BCUT2D eigenvalue weighted by Crippen LogP contribution is 2.39. The third kappa shape index (κ3) is 3.45. The molecule has 3 aromatic carbocycles. The Kier molecular flexibility index (Phi) is 4.89. The molecule has 0 aromatic heterocycles. The number of aliphatic hydroxyl groups is 1. The van der Waals surface area contributed by atoms with E-state index in [4.69, 9.17) is 0 Å². The fraction of sp³-hybridized carbons (Fsp3) is 0.0909. The molecule has 0 spiro atoms. The van der Waals surface area contributed by atoms with Crippen LogP contribution >= 0.6 is 11.8 Å². The highest BCUT2D eigenvalue weighted by molar-refractivity contribution is 8.08. The van der Waals surface area contributed by atoms with Crippen LogP contribution < -0.4 is 0 Å². The summed E-state index contributed by atoms with van der Waals surface area (Å²) < 4.78 is 0. The molecule has 24 heavy (non-hydrogen) atoms. The van der Waals surface area contributed by atoms with Crippen LogP contribution in [-0.2, 0) is 5.60 Å². The van der Waals surface area contributed by atoms with Crippen molar-refractivity contribution >= 4 is 16.7 Å². The van der Waals surface area contributed by atoms with Crippen molar-refractivity contribution in [1.29, 1.82) is 0 Å². The molecule has 2 heteroatoms. The van der Waals surface area contributed by atoms with Crippen LogP contribution in [0.4, 0.5) is 0 Å². The lowest BCUT2D eigenvalue weighted by atomic mass is 9.85. The van der Waals surface area contributed by atoms with E-state index in [1.807, 2.05) is 79.7 Å². The third-order valence-corrected chi connectivity index (χ3v) is 5.05. The number of rotatable bonds is 5. The van der Waals surface area contributed by atoms with Gasteiger partial charge >= 0.3 is 0 Å². The number of hydrogen-bond acceptors (Lipinski definition) is 2. The maximum Gasteiger partial charge on any atom is 0.112 e. The first-order valence-electron chi connectivity index (χ1n) is 7.88. The van der Waals surface area contributed by atoms with Gasteiger partial charge in [0.05, 0.1) is 0 Å². The summed E-state index contributed by atoms with van der Waals surface area (Å²) in [5.74, 6) is 0. The van der Waals surface area contributed by atoms with Crippen molar-refractivity contribution < 1.29 is 5.11 Å². The Hall–Kier alpha value is -2.29. The van der Waals surface area contributed by atoms with E-state index < -0.39 is 5.60 Å². The zero-order chi connectivity index (χ0) is 17.0. The van der Waals surface area contributed by atoms with Crippen molar-refractivity contribution in [2.24, 2.45) is 0 Å². The molecule has 0 bridgehead atoms. The summed E-state index contributed by atoms with van der Waals surface area (Å²) in [7, 11) is 0. The van der Waals surface area contributed by atoms with Gasteiger partial charge in [0.2, 0.25) is 0 Å². The first-order valence-corrected chi connectivity index (χ1v) is 8.70. The van der Waals surface area contributed by atoms with Crippen LogP contribution in [0.2, 0.25) is 0 Å². The smallest absolute Gasteiger partial charge is 0.112 e. The van der Waals surface area contributed by atoms with Crippen molar-refractivity contribution in [3.63, 3.8) is 0 Å². The normalized spacial score (nSPS) is 13.2. The van der Waals surface area contributed by atoms with Crippen LogP contribution in [0.25, 0.3) is 4.91 Å². The average molecular weight is 332 g/mol. The zero-order valence-electron chi connectivity index (χ0n) is 13.6. The van der Waals surface area contributed by atoms with Gasteiger partial charge < -0.3 is 5.11 Å². The van der Waals surface area contributed by atoms with Crippen molar-refractivity contribution in [3.8, 4) is 0 Å². The van der Waals surface area contributed by atoms with Crippen LogP contribution in [0, 0.1) is 0 Å². The van der Waals surface area contributed by atoms with Crippen LogP contribution in [0.1, 0.15) is 23.6 Å². The first-order chi connectivity index (χ1) is 11.6. The molecule has 0 heterocycles. The van der Waals surface area contributed by atoms with Crippen LogP contribution in [-0.4, -0.2) is 5.11 Å². The molecule has 3 rings (SSSR count). The van der Waals surface area contributed by atoms with E-state index in [0.29, 0.717) is 0 Å². The van der Waals surface area contributed by atoms with Gasteiger partial charge in [-0.05, 0) is 35.7 Å². The molecule has 0 radical (unpaired) electrons. The fourth-order valence-corrected chi connectivity index (χ4v) is 3.62. The lowest BCUT2D eigenvalue weighted by Crippen LogP contribution is -2.24. The second-order valence-electron chi connectivity index (χ2n) is 5.82. The Morgan fingerprint density at radius 1 is 0.833 bits per heavy atom. The Labute approximate surface area is 147 Å². The third-order valence-electron chi connectivity index (χ3n) is 4.07. The Morgan fingerprint density at radius 2 is 1.38 bits per heavy atom. The molecule has 1 nitrogen and oxygen atoms in total. The fourth-order valence-electron chi connectivity index (χ4n) is 2.75. The highest BCUT2D eigenvalue weighted by atomic mass is 32.2. The maximum atomic E-state index is 11.2. The second-order valence-corrected chi connectivity index (χ2v) is 6.99. The van der Waals surface area contributed by atoms with E-state index in [9.17, 15) is 5.11 Å². The number of benzene rings is 3. The Bertz CT molecular complexity index is 823. The minimum absolute atomic E-state index is 0.865. The summed E-state index contributed by atoms with van der Waals surface area (Å²) in [6.07, 6.45) is 0. The standard InChI is InChI=1S/C22H20OS/c1-17(24-19-13-7-4-8-14-19)20-15-9-10-16-21(20)22(2,23)18-11-5-3-6-12-18/h3-16,23H,1H2,2H3. The molecule has 0 saturated carbocycles. The van der Waals surface area contributed by atoms with Crippen molar-refractivity contribution in [3.05, 3.63) is 108 Å². The molecule has 0 amide bonds. The van der Waals surface area contributed by atoms with E-state index in [1.54, 1.807) is 11.8 Å². The van der Waals surface area contributed by atoms with Gasteiger partial charge in [-0.25, -0.2) is 0 Å². The highest BCUT2D eigenvalue weighted by Gasteiger charge is 2.28. The van der Waals surface area contributed by atoms with Gasteiger partial charge in [0.15, 0.2) is 0 Å². The van der Waals surface area contributed by atoms with Gasteiger partial charge in [0.25, 0.3) is 0 Å². The summed E-state index contributed by atoms with van der Waals surface area (Å²) in [5.41, 5.74) is 1.64. The topological polar surface area (TPSA) is 20.2 Å². The zero-order valence-corrected chi connectivity index (χ0v) is 14.5. The van der Waals surface area contributed by atoms with Gasteiger partial charge in [0.1, 0.15) is 5.60 Å². The van der Waals surface area contributed by atoms with E-state index in [1.165, 1.54) is 0 Å². The lowest BCUT2D eigenvalue weighted by Gasteiger charge is -2.27. The van der Waals surface area contributed by atoms with Gasteiger partial charge in [-0.1, -0.05) is 91.1 Å². The molecule has 0 saturated heterocycles. The van der Waals surface area contributed by atoms with Crippen molar-refractivity contribution in [2.75, 3.05) is 0 Å². The van der Waals surface area contributed by atoms with Crippen LogP contribution in [0.15, 0.2) is 96.4 Å². The van der Waals surface area contributed by atoms with Gasteiger partial charge in [-0.2, -0.15) is 0 Å². The van der Waals surface area contributed by atoms with Crippen molar-refractivity contribution in [2.45, 2.75) is 17.4 Å². The monoisotopic (exact) mass is 332 g/mol. The van der Waals surface area contributed by atoms with E-state index in [-0.39, 0.29) is 0 Å². The first kappa shape index (κ1) is 16.6. The minimum atomic E-state index is -1.07. The van der Waals surface area contributed by atoms with E-state index >= 15 is 0 Å². The summed E-state index contributed by atoms with van der Waals surface area (Å²) >= 11 is 1.62. The molecule has 1 unspecified atom stereocenters. The molecule has 0 fully saturated rings.